The van der Waals surface area contributed by atoms with E-state index in [4.69, 9.17) is 9.47 Å². The van der Waals surface area contributed by atoms with Crippen LogP contribution in [0.2, 0.25) is 0 Å². The number of piperidine rings is 1. The molecule has 3 heteroatoms. The SMILES string of the molecule is C=C1CCNC(Cc2ccc(-c3ccccc3)cc2)/C1=C/C(OC)=C(\C)OC. The van der Waals surface area contributed by atoms with Crippen LogP contribution in [0.1, 0.15) is 18.9 Å². The molecule has 3 rings (SSSR count). The van der Waals surface area contributed by atoms with E-state index in [0.717, 1.165) is 36.5 Å². The molecule has 0 aliphatic carbocycles. The fraction of sp³-hybridized carbons (Fsp3) is 0.280. The van der Waals surface area contributed by atoms with Crippen LogP contribution in [0.15, 0.2) is 89.9 Å². The smallest absolute Gasteiger partial charge is 0.156 e. The minimum Gasteiger partial charge on any atom is -0.498 e. The van der Waals surface area contributed by atoms with Crippen molar-refractivity contribution in [3.05, 3.63) is 95.5 Å². The van der Waals surface area contributed by atoms with Crippen molar-refractivity contribution in [3.63, 3.8) is 0 Å². The van der Waals surface area contributed by atoms with E-state index in [-0.39, 0.29) is 6.04 Å². The van der Waals surface area contributed by atoms with Crippen LogP contribution in [-0.2, 0) is 15.9 Å². The van der Waals surface area contributed by atoms with E-state index in [9.17, 15) is 0 Å². The van der Waals surface area contributed by atoms with Gasteiger partial charge in [-0.15, -0.1) is 0 Å². The number of benzene rings is 2. The van der Waals surface area contributed by atoms with Crippen molar-refractivity contribution in [3.8, 4) is 11.1 Å². The van der Waals surface area contributed by atoms with Gasteiger partial charge in [0.1, 0.15) is 5.76 Å². The first-order chi connectivity index (χ1) is 13.6. The lowest BCUT2D eigenvalue weighted by Gasteiger charge is -2.29. The Morgan fingerprint density at radius 1 is 1.04 bits per heavy atom. The summed E-state index contributed by atoms with van der Waals surface area (Å²) in [6.07, 6.45) is 3.91. The van der Waals surface area contributed by atoms with Gasteiger partial charge in [-0.25, -0.2) is 0 Å². The molecule has 0 aromatic heterocycles. The molecule has 1 heterocycles. The van der Waals surface area contributed by atoms with Gasteiger partial charge in [0.05, 0.1) is 14.2 Å². The molecule has 1 N–H and O–H groups in total. The summed E-state index contributed by atoms with van der Waals surface area (Å²) in [6.45, 7) is 7.14. The van der Waals surface area contributed by atoms with E-state index in [1.54, 1.807) is 14.2 Å². The summed E-state index contributed by atoms with van der Waals surface area (Å²) in [7, 11) is 3.33. The van der Waals surface area contributed by atoms with Gasteiger partial charge in [-0.3, -0.25) is 0 Å². The summed E-state index contributed by atoms with van der Waals surface area (Å²) in [4.78, 5) is 0. The second-order valence-electron chi connectivity index (χ2n) is 7.06. The molecule has 0 amide bonds. The van der Waals surface area contributed by atoms with E-state index in [0.29, 0.717) is 0 Å². The lowest BCUT2D eigenvalue weighted by Crippen LogP contribution is -2.38. The maximum absolute atomic E-state index is 5.53. The van der Waals surface area contributed by atoms with Gasteiger partial charge < -0.3 is 14.8 Å². The van der Waals surface area contributed by atoms with E-state index in [1.807, 2.05) is 13.0 Å². The standard InChI is InChI=1S/C25H29NO2/c1-18-14-15-26-24(23(18)17-25(28-4)19(2)27-3)16-20-10-12-22(13-11-20)21-8-6-5-7-9-21/h5-13,17,24,26H,1,14-16H2,2-4H3/b23-17+,25-19-. The number of rotatable bonds is 6. The fourth-order valence-corrected chi connectivity index (χ4v) is 3.53. The zero-order valence-corrected chi connectivity index (χ0v) is 17.0. The van der Waals surface area contributed by atoms with Crippen molar-refractivity contribution in [2.75, 3.05) is 20.8 Å². The Kier molecular flexibility index (Phi) is 6.72. The molecule has 2 aromatic carbocycles. The Balaban J connectivity index is 1.82. The summed E-state index contributed by atoms with van der Waals surface area (Å²) in [6, 6.07) is 19.5. The molecule has 1 atom stereocenters. The minimum atomic E-state index is 0.207. The quantitative estimate of drug-likeness (QED) is 0.698. The van der Waals surface area contributed by atoms with Gasteiger partial charge in [-0.05, 0) is 60.2 Å². The summed E-state index contributed by atoms with van der Waals surface area (Å²) in [5.74, 6) is 1.51. The highest BCUT2D eigenvalue weighted by Gasteiger charge is 2.22. The Hall–Kier alpha value is -2.78. The van der Waals surface area contributed by atoms with Crippen molar-refractivity contribution in [1.82, 2.24) is 5.32 Å². The largest absolute Gasteiger partial charge is 0.498 e. The maximum atomic E-state index is 5.53. The first-order valence-electron chi connectivity index (χ1n) is 9.68. The lowest BCUT2D eigenvalue weighted by atomic mass is 9.88. The predicted molar refractivity (Wildman–Crippen MR) is 116 cm³/mol. The monoisotopic (exact) mass is 375 g/mol. The van der Waals surface area contributed by atoms with Gasteiger partial charge >= 0.3 is 0 Å². The Labute approximate surface area is 168 Å². The van der Waals surface area contributed by atoms with E-state index in [2.05, 4.69) is 66.5 Å². The molecule has 28 heavy (non-hydrogen) atoms. The highest BCUT2D eigenvalue weighted by atomic mass is 16.5. The van der Waals surface area contributed by atoms with Crippen LogP contribution in [0, 0.1) is 0 Å². The molecule has 0 radical (unpaired) electrons. The third kappa shape index (κ3) is 4.73. The molecule has 3 nitrogen and oxygen atoms in total. The van der Waals surface area contributed by atoms with Gasteiger partial charge in [0.2, 0.25) is 0 Å². The highest BCUT2D eigenvalue weighted by Crippen LogP contribution is 2.27. The van der Waals surface area contributed by atoms with Gasteiger partial charge in [0.25, 0.3) is 0 Å². The normalized spacial score (nSPS) is 19.3. The number of nitrogens with one attached hydrogen (secondary N) is 1. The van der Waals surface area contributed by atoms with E-state index < -0.39 is 0 Å². The molecule has 1 aliphatic heterocycles. The topological polar surface area (TPSA) is 30.5 Å². The lowest BCUT2D eigenvalue weighted by molar-refractivity contribution is 0.232. The van der Waals surface area contributed by atoms with Gasteiger partial charge in [-0.2, -0.15) is 0 Å². The third-order valence-electron chi connectivity index (χ3n) is 5.26. The molecule has 1 aliphatic rings. The predicted octanol–water partition coefficient (Wildman–Crippen LogP) is 5.26. The second-order valence-corrected chi connectivity index (χ2v) is 7.06. The molecular weight excluding hydrogens is 346 g/mol. The van der Waals surface area contributed by atoms with Crippen LogP contribution in [0.5, 0.6) is 0 Å². The van der Waals surface area contributed by atoms with Gasteiger partial charge in [0.15, 0.2) is 5.76 Å². The summed E-state index contributed by atoms with van der Waals surface area (Å²) in [5, 5.41) is 3.63. The van der Waals surface area contributed by atoms with Crippen molar-refractivity contribution < 1.29 is 9.47 Å². The number of allylic oxidation sites excluding steroid dienone is 2. The van der Waals surface area contributed by atoms with Crippen LogP contribution in [0.3, 0.4) is 0 Å². The first kappa shape index (κ1) is 20.0. The number of hydrogen-bond acceptors (Lipinski definition) is 3. The molecular formula is C25H29NO2. The van der Waals surface area contributed by atoms with Crippen LogP contribution >= 0.6 is 0 Å². The van der Waals surface area contributed by atoms with E-state index in [1.165, 1.54) is 22.3 Å². The molecule has 1 saturated heterocycles. The van der Waals surface area contributed by atoms with Gasteiger partial charge in [-0.1, -0.05) is 61.2 Å². The zero-order valence-electron chi connectivity index (χ0n) is 17.0. The van der Waals surface area contributed by atoms with E-state index >= 15 is 0 Å². The van der Waals surface area contributed by atoms with Crippen molar-refractivity contribution >= 4 is 0 Å². The Morgan fingerprint density at radius 3 is 2.36 bits per heavy atom. The molecule has 1 fully saturated rings. The first-order valence-corrected chi connectivity index (χ1v) is 9.68. The van der Waals surface area contributed by atoms with Crippen molar-refractivity contribution in [1.29, 1.82) is 0 Å². The fourth-order valence-electron chi connectivity index (χ4n) is 3.53. The molecule has 0 saturated carbocycles. The summed E-state index contributed by atoms with van der Waals surface area (Å²) >= 11 is 0. The molecule has 2 aromatic rings. The Morgan fingerprint density at radius 2 is 1.71 bits per heavy atom. The molecule has 0 spiro atoms. The molecule has 0 bridgehead atoms. The average molecular weight is 376 g/mol. The number of ether oxygens (including phenoxy) is 2. The van der Waals surface area contributed by atoms with Crippen LogP contribution in [0.25, 0.3) is 11.1 Å². The van der Waals surface area contributed by atoms with Crippen molar-refractivity contribution in [2.45, 2.75) is 25.8 Å². The zero-order chi connectivity index (χ0) is 19.9. The molecule has 1 unspecified atom stereocenters. The highest BCUT2D eigenvalue weighted by molar-refractivity contribution is 5.63. The number of hydrogen-bond donors (Lipinski definition) is 1. The third-order valence-corrected chi connectivity index (χ3v) is 5.26. The maximum Gasteiger partial charge on any atom is 0.156 e. The number of methoxy groups -OCH3 is 2. The molecule has 146 valence electrons. The van der Waals surface area contributed by atoms with Crippen molar-refractivity contribution in [2.24, 2.45) is 0 Å². The van der Waals surface area contributed by atoms with Crippen LogP contribution in [-0.4, -0.2) is 26.8 Å². The second kappa shape index (κ2) is 9.43. The van der Waals surface area contributed by atoms with Gasteiger partial charge in [0, 0.05) is 6.04 Å². The van der Waals surface area contributed by atoms with Crippen LogP contribution < -0.4 is 5.32 Å². The minimum absolute atomic E-state index is 0.207. The Bertz CT molecular complexity index is 863. The summed E-state index contributed by atoms with van der Waals surface area (Å²) in [5.41, 5.74) is 6.11. The summed E-state index contributed by atoms with van der Waals surface area (Å²) < 4.78 is 10.9. The average Bonchev–Trinajstić information content (AvgIpc) is 2.74. The van der Waals surface area contributed by atoms with Crippen LogP contribution in [0.4, 0.5) is 0 Å².